The number of halogens is 1. The fourth-order valence-corrected chi connectivity index (χ4v) is 3.52. The van der Waals surface area contributed by atoms with Gasteiger partial charge in [-0.1, -0.05) is 6.07 Å². The normalized spacial score (nSPS) is 14.3. The summed E-state index contributed by atoms with van der Waals surface area (Å²) in [6.45, 7) is 2.90. The van der Waals surface area contributed by atoms with E-state index in [9.17, 15) is 9.18 Å². The molecule has 1 saturated heterocycles. The minimum absolute atomic E-state index is 0.197. The van der Waals surface area contributed by atoms with Crippen LogP contribution in [-0.2, 0) is 6.54 Å². The van der Waals surface area contributed by atoms with Gasteiger partial charge in [0.25, 0.3) is 0 Å². The molecule has 0 unspecified atom stereocenters. The van der Waals surface area contributed by atoms with Crippen LogP contribution >= 0.6 is 0 Å². The Hall–Kier alpha value is -3.73. The summed E-state index contributed by atoms with van der Waals surface area (Å²) in [5.41, 5.74) is 1.14. The van der Waals surface area contributed by atoms with Crippen LogP contribution in [0.1, 0.15) is 5.82 Å². The average Bonchev–Trinajstić information content (AvgIpc) is 3.28. The minimum atomic E-state index is -0.350. The number of tetrazole rings is 1. The van der Waals surface area contributed by atoms with Gasteiger partial charge in [0.05, 0.1) is 32.1 Å². The van der Waals surface area contributed by atoms with Crippen LogP contribution in [0, 0.1) is 5.82 Å². The first-order valence-electron chi connectivity index (χ1n) is 10.1. The number of carbonyl (C=O) groups is 1. The van der Waals surface area contributed by atoms with Crippen molar-refractivity contribution in [1.82, 2.24) is 30.0 Å². The Morgan fingerprint density at radius 2 is 1.91 bits per heavy atom. The number of benzene rings is 2. The van der Waals surface area contributed by atoms with Gasteiger partial charge in [-0.15, -0.1) is 5.10 Å². The predicted molar refractivity (Wildman–Crippen MR) is 115 cm³/mol. The van der Waals surface area contributed by atoms with Gasteiger partial charge in [-0.3, -0.25) is 4.90 Å². The molecule has 0 spiro atoms. The third kappa shape index (κ3) is 4.78. The molecule has 1 aliphatic rings. The van der Waals surface area contributed by atoms with E-state index in [2.05, 4.69) is 25.7 Å². The number of carbonyl (C=O) groups excluding carboxylic acids is 1. The largest absolute Gasteiger partial charge is 0.497 e. The molecule has 2 heterocycles. The molecule has 32 heavy (non-hydrogen) atoms. The highest BCUT2D eigenvalue weighted by Gasteiger charge is 2.23. The smallest absolute Gasteiger partial charge is 0.322 e. The van der Waals surface area contributed by atoms with Gasteiger partial charge >= 0.3 is 6.03 Å². The number of hydrogen-bond acceptors (Lipinski definition) is 7. The fourth-order valence-electron chi connectivity index (χ4n) is 3.52. The Labute approximate surface area is 184 Å². The molecule has 0 radical (unpaired) electrons. The van der Waals surface area contributed by atoms with E-state index in [-0.39, 0.29) is 11.8 Å². The van der Waals surface area contributed by atoms with Crippen molar-refractivity contribution in [1.29, 1.82) is 0 Å². The second-order valence-corrected chi connectivity index (χ2v) is 7.25. The fraction of sp³-hybridized carbons (Fsp3) is 0.333. The standard InChI is InChI=1S/C21H24FN7O3/c1-31-17-6-7-18(19(13-17)32-2)23-21(30)28-10-8-27(9-11-28)14-20-24-25-26-29(20)16-5-3-4-15(22)12-16/h3-7,12-13H,8-11,14H2,1-2H3,(H,23,30). The molecular weight excluding hydrogens is 417 g/mol. The number of nitrogens with zero attached hydrogens (tertiary/aromatic N) is 6. The first kappa shape index (κ1) is 21.5. The van der Waals surface area contributed by atoms with Gasteiger partial charge < -0.3 is 19.7 Å². The van der Waals surface area contributed by atoms with E-state index in [0.29, 0.717) is 61.4 Å². The zero-order chi connectivity index (χ0) is 22.5. The van der Waals surface area contributed by atoms with Crippen LogP contribution < -0.4 is 14.8 Å². The van der Waals surface area contributed by atoms with Crippen molar-refractivity contribution in [2.24, 2.45) is 0 Å². The molecule has 1 N–H and O–H groups in total. The van der Waals surface area contributed by atoms with E-state index in [4.69, 9.17) is 9.47 Å². The molecule has 0 atom stereocenters. The van der Waals surface area contributed by atoms with Gasteiger partial charge in [-0.2, -0.15) is 4.68 Å². The predicted octanol–water partition coefficient (Wildman–Crippen LogP) is 2.17. The van der Waals surface area contributed by atoms with Gasteiger partial charge in [0.15, 0.2) is 5.82 Å². The maximum absolute atomic E-state index is 13.6. The molecule has 0 aliphatic carbocycles. The van der Waals surface area contributed by atoms with Gasteiger partial charge in [0.1, 0.15) is 17.3 Å². The lowest BCUT2D eigenvalue weighted by molar-refractivity contribution is 0.140. The molecule has 1 aromatic heterocycles. The van der Waals surface area contributed by atoms with Crippen molar-refractivity contribution in [2.75, 3.05) is 45.7 Å². The van der Waals surface area contributed by atoms with Crippen molar-refractivity contribution in [3.63, 3.8) is 0 Å². The van der Waals surface area contributed by atoms with Crippen molar-refractivity contribution >= 4 is 11.7 Å². The van der Waals surface area contributed by atoms with Crippen LogP contribution in [0.3, 0.4) is 0 Å². The number of piperazine rings is 1. The number of hydrogen-bond donors (Lipinski definition) is 1. The van der Waals surface area contributed by atoms with Gasteiger partial charge in [0.2, 0.25) is 0 Å². The van der Waals surface area contributed by atoms with Crippen molar-refractivity contribution in [2.45, 2.75) is 6.54 Å². The highest BCUT2D eigenvalue weighted by atomic mass is 19.1. The van der Waals surface area contributed by atoms with E-state index in [0.717, 1.165) is 0 Å². The molecule has 1 fully saturated rings. The summed E-state index contributed by atoms with van der Waals surface area (Å²) in [7, 11) is 3.11. The zero-order valence-electron chi connectivity index (χ0n) is 17.9. The van der Waals surface area contributed by atoms with Crippen LogP contribution in [0.4, 0.5) is 14.9 Å². The summed E-state index contributed by atoms with van der Waals surface area (Å²) in [6.07, 6.45) is 0. The molecule has 0 saturated carbocycles. The number of ether oxygens (including phenoxy) is 2. The first-order valence-corrected chi connectivity index (χ1v) is 10.1. The second-order valence-electron chi connectivity index (χ2n) is 7.25. The average molecular weight is 441 g/mol. The SMILES string of the molecule is COc1ccc(NC(=O)N2CCN(Cc3nnnn3-c3cccc(F)c3)CC2)c(OC)c1. The van der Waals surface area contributed by atoms with Crippen LogP contribution in [0.5, 0.6) is 11.5 Å². The number of urea groups is 1. The molecule has 2 aromatic carbocycles. The van der Waals surface area contributed by atoms with Crippen LogP contribution in [-0.4, -0.2) is 76.4 Å². The summed E-state index contributed by atoms with van der Waals surface area (Å²) in [5.74, 6) is 1.43. The maximum Gasteiger partial charge on any atom is 0.322 e. The Kier molecular flexibility index (Phi) is 6.45. The molecule has 11 heteroatoms. The number of aromatic nitrogens is 4. The third-order valence-corrected chi connectivity index (χ3v) is 5.26. The number of nitrogens with one attached hydrogen (secondary N) is 1. The zero-order valence-corrected chi connectivity index (χ0v) is 17.9. The van der Waals surface area contributed by atoms with E-state index in [1.54, 1.807) is 49.5 Å². The quantitative estimate of drug-likeness (QED) is 0.626. The maximum atomic E-state index is 13.6. The van der Waals surface area contributed by atoms with Crippen molar-refractivity contribution in [3.05, 3.63) is 54.1 Å². The summed E-state index contributed by atoms with van der Waals surface area (Å²) in [4.78, 5) is 16.6. The lowest BCUT2D eigenvalue weighted by Crippen LogP contribution is -2.49. The molecule has 4 rings (SSSR count). The summed E-state index contributed by atoms with van der Waals surface area (Å²) in [6, 6.07) is 11.2. The highest BCUT2D eigenvalue weighted by molar-refractivity contribution is 5.91. The van der Waals surface area contributed by atoms with Crippen LogP contribution in [0.2, 0.25) is 0 Å². The highest BCUT2D eigenvalue weighted by Crippen LogP contribution is 2.29. The molecule has 0 bridgehead atoms. The van der Waals surface area contributed by atoms with E-state index in [1.807, 2.05) is 0 Å². The number of anilines is 1. The van der Waals surface area contributed by atoms with E-state index in [1.165, 1.54) is 16.8 Å². The summed E-state index contributed by atoms with van der Waals surface area (Å²) in [5, 5.41) is 14.7. The number of amides is 2. The van der Waals surface area contributed by atoms with Gasteiger partial charge in [0, 0.05) is 32.2 Å². The summed E-state index contributed by atoms with van der Waals surface area (Å²) >= 11 is 0. The second kappa shape index (κ2) is 9.60. The van der Waals surface area contributed by atoms with E-state index < -0.39 is 0 Å². The van der Waals surface area contributed by atoms with E-state index >= 15 is 0 Å². The first-order chi connectivity index (χ1) is 15.6. The molecule has 1 aliphatic heterocycles. The minimum Gasteiger partial charge on any atom is -0.497 e. The Balaban J connectivity index is 1.34. The topological polar surface area (TPSA) is 97.6 Å². The number of rotatable bonds is 6. The molecular formula is C21H24FN7O3. The Morgan fingerprint density at radius 3 is 2.62 bits per heavy atom. The van der Waals surface area contributed by atoms with Crippen molar-refractivity contribution in [3.8, 4) is 17.2 Å². The Morgan fingerprint density at radius 1 is 1.09 bits per heavy atom. The van der Waals surface area contributed by atoms with Crippen molar-refractivity contribution < 1.29 is 18.7 Å². The van der Waals surface area contributed by atoms with Crippen LogP contribution in [0.25, 0.3) is 5.69 Å². The molecule has 168 valence electrons. The molecule has 10 nitrogen and oxygen atoms in total. The molecule has 3 aromatic rings. The molecule has 2 amide bonds. The third-order valence-electron chi connectivity index (χ3n) is 5.26. The van der Waals surface area contributed by atoms with Gasteiger partial charge in [-0.05, 0) is 40.8 Å². The van der Waals surface area contributed by atoms with Gasteiger partial charge in [-0.25, -0.2) is 9.18 Å². The summed E-state index contributed by atoms with van der Waals surface area (Å²) < 4.78 is 25.6. The number of methoxy groups -OCH3 is 2. The van der Waals surface area contributed by atoms with Crippen LogP contribution in [0.15, 0.2) is 42.5 Å². The monoisotopic (exact) mass is 441 g/mol. The lowest BCUT2D eigenvalue weighted by atomic mass is 10.2. The lowest BCUT2D eigenvalue weighted by Gasteiger charge is -2.34. The Bertz CT molecular complexity index is 1080.